The first kappa shape index (κ1) is 16.0. The van der Waals surface area contributed by atoms with Crippen LogP contribution >= 0.6 is 15.9 Å². The predicted octanol–water partition coefficient (Wildman–Crippen LogP) is 5.46. The van der Waals surface area contributed by atoms with Crippen LogP contribution in [0.4, 0.5) is 4.39 Å². The van der Waals surface area contributed by atoms with Gasteiger partial charge in [-0.2, -0.15) is 0 Å². The molecular formula is C17H25BrFN. The summed E-state index contributed by atoms with van der Waals surface area (Å²) in [7, 11) is 0. The predicted molar refractivity (Wildman–Crippen MR) is 86.3 cm³/mol. The molecule has 112 valence electrons. The number of halogens is 2. The van der Waals surface area contributed by atoms with Crippen LogP contribution in [-0.2, 0) is 0 Å². The van der Waals surface area contributed by atoms with Crippen LogP contribution in [0.25, 0.3) is 0 Å². The molecule has 1 fully saturated rings. The first-order chi connectivity index (χ1) is 9.63. The molecule has 1 aliphatic carbocycles. The molecule has 1 unspecified atom stereocenters. The Labute approximate surface area is 130 Å². The molecule has 0 bridgehead atoms. The second-order valence-corrected chi connectivity index (χ2v) is 6.95. The minimum absolute atomic E-state index is 0.0975. The molecule has 0 aliphatic heterocycles. The summed E-state index contributed by atoms with van der Waals surface area (Å²) >= 11 is 3.31. The fourth-order valence-electron chi connectivity index (χ4n) is 3.21. The van der Waals surface area contributed by atoms with Gasteiger partial charge in [0.25, 0.3) is 0 Å². The Bertz CT molecular complexity index is 427. The number of hydrogen-bond donors (Lipinski definition) is 1. The van der Waals surface area contributed by atoms with E-state index in [2.05, 4.69) is 35.1 Å². The molecule has 0 radical (unpaired) electrons. The molecule has 1 saturated carbocycles. The van der Waals surface area contributed by atoms with E-state index in [9.17, 15) is 4.39 Å². The number of nitrogens with one attached hydrogen (secondary N) is 1. The average molecular weight is 342 g/mol. The summed E-state index contributed by atoms with van der Waals surface area (Å²) in [4.78, 5) is 0. The highest BCUT2D eigenvalue weighted by Gasteiger charge is 2.28. The average Bonchev–Trinajstić information content (AvgIpc) is 2.45. The van der Waals surface area contributed by atoms with Gasteiger partial charge in [-0.1, -0.05) is 38.8 Å². The van der Waals surface area contributed by atoms with E-state index in [4.69, 9.17) is 0 Å². The Balaban J connectivity index is 2.20. The lowest BCUT2D eigenvalue weighted by molar-refractivity contribution is 0.228. The summed E-state index contributed by atoms with van der Waals surface area (Å²) < 4.78 is 15.0. The van der Waals surface area contributed by atoms with Crippen molar-refractivity contribution in [2.24, 2.45) is 11.8 Å². The van der Waals surface area contributed by atoms with Crippen LogP contribution in [0.5, 0.6) is 0 Å². The lowest BCUT2D eigenvalue weighted by Gasteiger charge is -2.34. The summed E-state index contributed by atoms with van der Waals surface area (Å²) in [5.74, 6) is 1.28. The molecule has 2 rings (SSSR count). The fraction of sp³-hybridized carbons (Fsp3) is 0.647. The Hall–Kier alpha value is -0.410. The third-order valence-electron chi connectivity index (χ3n) is 4.46. The van der Waals surface area contributed by atoms with Crippen molar-refractivity contribution in [3.8, 4) is 0 Å². The maximum absolute atomic E-state index is 14.4. The van der Waals surface area contributed by atoms with Gasteiger partial charge in [0.1, 0.15) is 5.82 Å². The van der Waals surface area contributed by atoms with E-state index in [0.717, 1.165) is 24.4 Å². The van der Waals surface area contributed by atoms with Gasteiger partial charge in [0.05, 0.1) is 4.47 Å². The van der Waals surface area contributed by atoms with Crippen LogP contribution in [0.3, 0.4) is 0 Å². The van der Waals surface area contributed by atoms with E-state index in [1.165, 1.54) is 25.7 Å². The van der Waals surface area contributed by atoms with Crippen molar-refractivity contribution in [1.82, 2.24) is 5.32 Å². The molecule has 0 heterocycles. The summed E-state index contributed by atoms with van der Waals surface area (Å²) in [5, 5.41) is 3.58. The van der Waals surface area contributed by atoms with Crippen molar-refractivity contribution in [2.45, 2.75) is 52.0 Å². The largest absolute Gasteiger partial charge is 0.310 e. The normalized spacial score (nSPS) is 24.6. The lowest BCUT2D eigenvalue weighted by atomic mass is 9.77. The van der Waals surface area contributed by atoms with Gasteiger partial charge in [0.2, 0.25) is 0 Å². The maximum atomic E-state index is 14.4. The molecule has 0 saturated heterocycles. The Morgan fingerprint density at radius 3 is 2.65 bits per heavy atom. The van der Waals surface area contributed by atoms with Gasteiger partial charge in [-0.05, 0) is 59.6 Å². The molecule has 1 nitrogen and oxygen atoms in total. The lowest BCUT2D eigenvalue weighted by Crippen LogP contribution is -2.32. The van der Waals surface area contributed by atoms with Gasteiger partial charge in [0, 0.05) is 11.6 Å². The van der Waals surface area contributed by atoms with Gasteiger partial charge in [-0.3, -0.25) is 0 Å². The van der Waals surface area contributed by atoms with Crippen molar-refractivity contribution in [1.29, 1.82) is 0 Å². The minimum Gasteiger partial charge on any atom is -0.310 e. The van der Waals surface area contributed by atoms with Crippen molar-refractivity contribution < 1.29 is 4.39 Å². The van der Waals surface area contributed by atoms with Crippen LogP contribution in [0, 0.1) is 17.7 Å². The maximum Gasteiger partial charge on any atom is 0.142 e. The number of benzene rings is 1. The van der Waals surface area contributed by atoms with Crippen molar-refractivity contribution in [3.63, 3.8) is 0 Å². The molecular weight excluding hydrogens is 317 g/mol. The molecule has 1 aliphatic rings. The topological polar surface area (TPSA) is 12.0 Å². The quantitative estimate of drug-likeness (QED) is 0.750. The summed E-state index contributed by atoms with van der Waals surface area (Å²) in [5.41, 5.74) is 0.826. The summed E-state index contributed by atoms with van der Waals surface area (Å²) in [6, 6.07) is 5.80. The number of rotatable bonds is 5. The highest BCUT2D eigenvalue weighted by atomic mass is 79.9. The van der Waals surface area contributed by atoms with Crippen LogP contribution < -0.4 is 5.32 Å². The van der Waals surface area contributed by atoms with E-state index in [-0.39, 0.29) is 11.9 Å². The summed E-state index contributed by atoms with van der Waals surface area (Å²) in [6.45, 7) is 5.43. The molecule has 20 heavy (non-hydrogen) atoms. The van der Waals surface area contributed by atoms with Crippen LogP contribution in [0.1, 0.15) is 57.6 Å². The van der Waals surface area contributed by atoms with Gasteiger partial charge in [-0.25, -0.2) is 4.39 Å². The van der Waals surface area contributed by atoms with Gasteiger partial charge in [-0.15, -0.1) is 0 Å². The second-order valence-electron chi connectivity index (χ2n) is 6.09. The molecule has 1 atom stereocenters. The highest BCUT2D eigenvalue weighted by molar-refractivity contribution is 9.10. The third kappa shape index (κ3) is 3.82. The molecule has 1 aromatic carbocycles. The zero-order chi connectivity index (χ0) is 14.5. The molecule has 0 spiro atoms. The molecule has 0 aromatic heterocycles. The molecule has 3 heteroatoms. The van der Waals surface area contributed by atoms with E-state index < -0.39 is 0 Å². The smallest absolute Gasteiger partial charge is 0.142 e. The standard InChI is InChI=1S/C17H25BrFN/c1-3-11-20-17(13-9-7-12(2)8-10-13)14-5-4-6-15(18)16(14)19/h4-6,12-13,17,20H,3,7-11H2,1-2H3. The Kier molecular flexibility index (Phi) is 6.03. The van der Waals surface area contributed by atoms with Crippen molar-refractivity contribution in [2.75, 3.05) is 6.54 Å². The van der Waals surface area contributed by atoms with E-state index in [0.29, 0.717) is 10.4 Å². The zero-order valence-corrected chi connectivity index (χ0v) is 14.0. The van der Waals surface area contributed by atoms with E-state index in [1.54, 1.807) is 6.07 Å². The van der Waals surface area contributed by atoms with E-state index in [1.807, 2.05) is 12.1 Å². The van der Waals surface area contributed by atoms with Crippen LogP contribution in [0.15, 0.2) is 22.7 Å². The van der Waals surface area contributed by atoms with Crippen LogP contribution in [0.2, 0.25) is 0 Å². The minimum atomic E-state index is -0.0975. The van der Waals surface area contributed by atoms with Crippen molar-refractivity contribution in [3.05, 3.63) is 34.1 Å². The first-order valence-corrected chi connectivity index (χ1v) is 8.60. The molecule has 0 amide bonds. The van der Waals surface area contributed by atoms with Gasteiger partial charge < -0.3 is 5.32 Å². The zero-order valence-electron chi connectivity index (χ0n) is 12.5. The number of hydrogen-bond acceptors (Lipinski definition) is 1. The highest BCUT2D eigenvalue weighted by Crippen LogP contribution is 2.38. The third-order valence-corrected chi connectivity index (χ3v) is 5.08. The van der Waals surface area contributed by atoms with Crippen molar-refractivity contribution >= 4 is 15.9 Å². The first-order valence-electron chi connectivity index (χ1n) is 7.80. The van der Waals surface area contributed by atoms with E-state index >= 15 is 0 Å². The van der Waals surface area contributed by atoms with Gasteiger partial charge >= 0.3 is 0 Å². The van der Waals surface area contributed by atoms with Crippen LogP contribution in [-0.4, -0.2) is 6.54 Å². The molecule has 1 aromatic rings. The Morgan fingerprint density at radius 2 is 2.00 bits per heavy atom. The second kappa shape index (κ2) is 7.56. The summed E-state index contributed by atoms with van der Waals surface area (Å²) in [6.07, 6.45) is 6.02. The molecule has 1 N–H and O–H groups in total. The SMILES string of the molecule is CCCNC(c1cccc(Br)c1F)C1CCC(C)CC1. The fourth-order valence-corrected chi connectivity index (χ4v) is 3.59. The monoisotopic (exact) mass is 341 g/mol. The van der Waals surface area contributed by atoms with Gasteiger partial charge in [0.15, 0.2) is 0 Å². The Morgan fingerprint density at radius 1 is 1.30 bits per heavy atom.